The van der Waals surface area contributed by atoms with E-state index >= 15 is 0 Å². The highest BCUT2D eigenvalue weighted by atomic mass is 32.1. The van der Waals surface area contributed by atoms with Crippen molar-refractivity contribution in [2.75, 3.05) is 5.75 Å². The fourth-order valence-corrected chi connectivity index (χ4v) is 3.60. The highest BCUT2D eigenvalue weighted by Gasteiger charge is 2.18. The second-order valence-corrected chi connectivity index (χ2v) is 8.27. The lowest BCUT2D eigenvalue weighted by Crippen LogP contribution is -2.32. The summed E-state index contributed by atoms with van der Waals surface area (Å²) in [6.07, 6.45) is 7.07. The summed E-state index contributed by atoms with van der Waals surface area (Å²) in [5.74, 6) is 2.35. The first kappa shape index (κ1) is 22.5. The quantitative estimate of drug-likeness (QED) is 0.498. The summed E-state index contributed by atoms with van der Waals surface area (Å²) in [4.78, 5) is 17.3. The molecule has 1 N–H and O–H groups in total. The number of aryl methyl sites for hydroxylation is 1. The molecule has 1 unspecified atom stereocenters. The second-order valence-electron chi connectivity index (χ2n) is 7.91. The molecule has 1 amide bonds. The van der Waals surface area contributed by atoms with E-state index in [2.05, 4.69) is 72.5 Å². The molecule has 0 saturated carbocycles. The summed E-state index contributed by atoms with van der Waals surface area (Å²) in [6.45, 7) is 7.87. The number of thiol groups is 1. The Bertz CT molecular complexity index is 712. The highest BCUT2D eigenvalue weighted by Crippen LogP contribution is 2.16. The molecule has 2 rings (SSSR count). The van der Waals surface area contributed by atoms with Crippen LogP contribution in [0.2, 0.25) is 0 Å². The lowest BCUT2D eigenvalue weighted by Gasteiger charge is -2.17. The highest BCUT2D eigenvalue weighted by molar-refractivity contribution is 7.80. The summed E-state index contributed by atoms with van der Waals surface area (Å²) in [5, 5.41) is 3.12. The maximum Gasteiger partial charge on any atom is 0.224 e. The SMILES string of the molecule is CCCCc1ncc(CNC(=O)C(CS)CCC(C)C)n1Cc1ccccc1. The molecule has 154 valence electrons. The largest absolute Gasteiger partial charge is 0.350 e. The van der Waals surface area contributed by atoms with Gasteiger partial charge in [0.15, 0.2) is 0 Å². The van der Waals surface area contributed by atoms with E-state index in [4.69, 9.17) is 0 Å². The average molecular weight is 402 g/mol. The topological polar surface area (TPSA) is 46.9 Å². The fraction of sp³-hybridized carbons (Fsp3) is 0.565. The summed E-state index contributed by atoms with van der Waals surface area (Å²) in [6, 6.07) is 10.4. The van der Waals surface area contributed by atoms with Gasteiger partial charge in [-0.3, -0.25) is 4.79 Å². The molecule has 0 aliphatic carbocycles. The molecule has 0 saturated heterocycles. The number of carbonyl (C=O) groups is 1. The van der Waals surface area contributed by atoms with Crippen LogP contribution in [0.5, 0.6) is 0 Å². The van der Waals surface area contributed by atoms with Gasteiger partial charge in [-0.25, -0.2) is 4.98 Å². The van der Waals surface area contributed by atoms with Crippen molar-refractivity contribution in [3.63, 3.8) is 0 Å². The molecule has 0 fully saturated rings. The Morgan fingerprint density at radius 2 is 1.96 bits per heavy atom. The average Bonchev–Trinajstić information content (AvgIpc) is 3.07. The Hall–Kier alpha value is -1.75. The molecule has 5 heteroatoms. The number of rotatable bonds is 12. The molecular weight excluding hydrogens is 366 g/mol. The zero-order valence-electron chi connectivity index (χ0n) is 17.5. The molecule has 0 spiro atoms. The van der Waals surface area contributed by atoms with Crippen molar-refractivity contribution in [2.24, 2.45) is 11.8 Å². The molecule has 0 aliphatic heterocycles. The van der Waals surface area contributed by atoms with E-state index in [0.29, 0.717) is 18.2 Å². The molecule has 1 atom stereocenters. The van der Waals surface area contributed by atoms with Gasteiger partial charge in [-0.05, 0) is 24.3 Å². The number of hydrogen-bond acceptors (Lipinski definition) is 3. The molecule has 2 aromatic rings. The van der Waals surface area contributed by atoms with Crippen LogP contribution in [-0.4, -0.2) is 21.2 Å². The molecule has 4 nitrogen and oxygen atoms in total. The van der Waals surface area contributed by atoms with Crippen LogP contribution in [-0.2, 0) is 24.3 Å². The molecule has 0 radical (unpaired) electrons. The molecule has 0 bridgehead atoms. The van der Waals surface area contributed by atoms with Crippen molar-refractivity contribution in [3.05, 3.63) is 53.6 Å². The van der Waals surface area contributed by atoms with Gasteiger partial charge in [0.2, 0.25) is 5.91 Å². The summed E-state index contributed by atoms with van der Waals surface area (Å²) >= 11 is 4.39. The van der Waals surface area contributed by atoms with Gasteiger partial charge < -0.3 is 9.88 Å². The van der Waals surface area contributed by atoms with Gasteiger partial charge in [-0.1, -0.05) is 63.9 Å². The molecule has 0 aliphatic rings. The number of nitrogens with one attached hydrogen (secondary N) is 1. The van der Waals surface area contributed by atoms with Crippen LogP contribution in [0.15, 0.2) is 36.5 Å². The Labute approximate surface area is 175 Å². The number of hydrogen-bond donors (Lipinski definition) is 2. The van der Waals surface area contributed by atoms with Crippen LogP contribution in [0.3, 0.4) is 0 Å². The Morgan fingerprint density at radius 3 is 2.61 bits per heavy atom. The Kier molecular flexibility index (Phi) is 9.62. The van der Waals surface area contributed by atoms with Crippen LogP contribution in [0.25, 0.3) is 0 Å². The number of unbranched alkanes of at least 4 members (excludes halogenated alkanes) is 1. The number of imidazole rings is 1. The summed E-state index contributed by atoms with van der Waals surface area (Å²) in [5.41, 5.74) is 2.31. The summed E-state index contributed by atoms with van der Waals surface area (Å²) in [7, 11) is 0. The van der Waals surface area contributed by atoms with Gasteiger partial charge in [-0.2, -0.15) is 12.6 Å². The first-order valence-electron chi connectivity index (χ1n) is 10.5. The Morgan fingerprint density at radius 1 is 1.21 bits per heavy atom. The third-order valence-electron chi connectivity index (χ3n) is 5.09. The van der Waals surface area contributed by atoms with E-state index in [1.54, 1.807) is 0 Å². The zero-order valence-corrected chi connectivity index (χ0v) is 18.4. The number of amides is 1. The van der Waals surface area contributed by atoms with Crippen molar-refractivity contribution in [2.45, 2.75) is 66.0 Å². The first-order valence-corrected chi connectivity index (χ1v) is 11.1. The lowest BCUT2D eigenvalue weighted by atomic mass is 9.98. The molecule has 1 heterocycles. The van der Waals surface area contributed by atoms with Gasteiger partial charge in [0.1, 0.15) is 5.82 Å². The van der Waals surface area contributed by atoms with Gasteiger partial charge in [-0.15, -0.1) is 0 Å². The Balaban J connectivity index is 2.07. The number of nitrogens with zero attached hydrogens (tertiary/aromatic N) is 2. The minimum Gasteiger partial charge on any atom is -0.350 e. The molecule has 1 aromatic carbocycles. The van der Waals surface area contributed by atoms with Crippen LogP contribution in [0.1, 0.15) is 63.5 Å². The number of aromatic nitrogens is 2. The summed E-state index contributed by atoms with van der Waals surface area (Å²) < 4.78 is 2.26. The zero-order chi connectivity index (χ0) is 20.4. The lowest BCUT2D eigenvalue weighted by molar-refractivity contribution is -0.124. The van der Waals surface area contributed by atoms with E-state index in [0.717, 1.165) is 50.2 Å². The van der Waals surface area contributed by atoms with Crippen molar-refractivity contribution in [1.82, 2.24) is 14.9 Å². The van der Waals surface area contributed by atoms with Gasteiger partial charge >= 0.3 is 0 Å². The molecule has 28 heavy (non-hydrogen) atoms. The van der Waals surface area contributed by atoms with E-state index in [9.17, 15) is 4.79 Å². The van der Waals surface area contributed by atoms with Crippen LogP contribution >= 0.6 is 12.6 Å². The van der Waals surface area contributed by atoms with Crippen LogP contribution in [0.4, 0.5) is 0 Å². The van der Waals surface area contributed by atoms with E-state index < -0.39 is 0 Å². The van der Waals surface area contributed by atoms with Crippen molar-refractivity contribution >= 4 is 18.5 Å². The van der Waals surface area contributed by atoms with Crippen LogP contribution in [0, 0.1) is 11.8 Å². The second kappa shape index (κ2) is 11.9. The predicted molar refractivity (Wildman–Crippen MR) is 120 cm³/mol. The molecular formula is C23H35N3OS. The third kappa shape index (κ3) is 7.01. The van der Waals surface area contributed by atoms with E-state index in [1.807, 2.05) is 12.3 Å². The van der Waals surface area contributed by atoms with Crippen molar-refractivity contribution in [1.29, 1.82) is 0 Å². The van der Waals surface area contributed by atoms with Gasteiger partial charge in [0.25, 0.3) is 0 Å². The number of benzene rings is 1. The monoisotopic (exact) mass is 401 g/mol. The minimum absolute atomic E-state index is 0.0317. The van der Waals surface area contributed by atoms with Crippen molar-refractivity contribution in [3.8, 4) is 0 Å². The fourth-order valence-electron chi connectivity index (χ4n) is 3.25. The smallest absolute Gasteiger partial charge is 0.224 e. The van der Waals surface area contributed by atoms with E-state index in [-0.39, 0.29) is 11.8 Å². The number of carbonyl (C=O) groups excluding carboxylic acids is 1. The van der Waals surface area contributed by atoms with Crippen LogP contribution < -0.4 is 5.32 Å². The molecule has 1 aromatic heterocycles. The predicted octanol–water partition coefficient (Wildman–Crippen LogP) is 4.87. The van der Waals surface area contributed by atoms with E-state index in [1.165, 1.54) is 5.56 Å². The first-order chi connectivity index (χ1) is 13.5. The maximum atomic E-state index is 12.6. The van der Waals surface area contributed by atoms with Gasteiger partial charge in [0, 0.05) is 24.6 Å². The van der Waals surface area contributed by atoms with Crippen molar-refractivity contribution < 1.29 is 4.79 Å². The maximum absolute atomic E-state index is 12.6. The third-order valence-corrected chi connectivity index (χ3v) is 5.53. The minimum atomic E-state index is -0.0317. The normalized spacial score (nSPS) is 12.3. The van der Waals surface area contributed by atoms with Gasteiger partial charge in [0.05, 0.1) is 18.4 Å². The standard InChI is InChI=1S/C23H35N3OS/c1-4-5-11-22-24-14-21(26(22)16-19-9-7-6-8-10-19)15-25-23(27)20(17-28)13-12-18(2)3/h6-10,14,18,20,28H,4-5,11-13,15-17H2,1-3H3,(H,25,27).